The summed E-state index contributed by atoms with van der Waals surface area (Å²) in [5.41, 5.74) is 2.15. The molecule has 3 heterocycles. The van der Waals surface area contributed by atoms with E-state index in [1.165, 1.54) is 0 Å². The smallest absolute Gasteiger partial charge is 0.183 e. The summed E-state index contributed by atoms with van der Waals surface area (Å²) in [7, 11) is 2.99. The van der Waals surface area contributed by atoms with E-state index in [0.717, 1.165) is 56.6 Å². The van der Waals surface area contributed by atoms with Crippen molar-refractivity contribution >= 4 is 6.29 Å². The first-order valence-electron chi connectivity index (χ1n) is 9.06. The maximum atomic E-state index is 11.4. The Labute approximate surface area is 155 Å². The lowest BCUT2D eigenvalue weighted by Gasteiger charge is -2.41. The molecule has 0 radical (unpaired) electrons. The van der Waals surface area contributed by atoms with Crippen LogP contribution in [0.15, 0.2) is 28.9 Å². The molecule has 6 nitrogen and oxygen atoms in total. The number of aryl methyl sites for hydroxylation is 1. The highest BCUT2D eigenvalue weighted by molar-refractivity contribution is 5.54. The molecule has 0 aliphatic carbocycles. The minimum absolute atomic E-state index is 0.113. The number of hydrogen-bond acceptors (Lipinski definition) is 5. The van der Waals surface area contributed by atoms with E-state index in [-0.39, 0.29) is 11.3 Å². The van der Waals surface area contributed by atoms with Crippen molar-refractivity contribution in [2.24, 2.45) is 24.3 Å². The SMILES string of the molecule is CO.Cn1cccc1-c1cc(CN2CC(C=O)CC(C(C)(C)C)C2)no1. The molecule has 2 aromatic heterocycles. The number of carbonyl (C=O) groups excluding carboxylic acids is 1. The second-order valence-corrected chi connectivity index (χ2v) is 8.08. The Morgan fingerprint density at radius 3 is 2.65 bits per heavy atom. The Kier molecular flexibility index (Phi) is 6.78. The largest absolute Gasteiger partial charge is 0.400 e. The molecular formula is C20H31N3O3. The third kappa shape index (κ3) is 4.83. The lowest BCUT2D eigenvalue weighted by molar-refractivity contribution is -0.114. The third-order valence-corrected chi connectivity index (χ3v) is 5.12. The maximum absolute atomic E-state index is 11.4. The van der Waals surface area contributed by atoms with E-state index in [2.05, 4.69) is 30.8 Å². The minimum Gasteiger partial charge on any atom is -0.400 e. The van der Waals surface area contributed by atoms with Gasteiger partial charge in [0, 0.05) is 52.0 Å². The lowest BCUT2D eigenvalue weighted by atomic mass is 9.73. The first-order valence-corrected chi connectivity index (χ1v) is 9.06. The van der Waals surface area contributed by atoms with E-state index in [1.807, 2.05) is 36.0 Å². The van der Waals surface area contributed by atoms with Crippen molar-refractivity contribution in [1.29, 1.82) is 0 Å². The Hall–Kier alpha value is -1.92. The van der Waals surface area contributed by atoms with Crippen LogP contribution in [0.2, 0.25) is 0 Å². The summed E-state index contributed by atoms with van der Waals surface area (Å²) in [5, 5.41) is 11.2. The van der Waals surface area contributed by atoms with Crippen molar-refractivity contribution in [2.75, 3.05) is 20.2 Å². The van der Waals surface area contributed by atoms with Crippen LogP contribution in [0.1, 0.15) is 32.9 Å². The first-order chi connectivity index (χ1) is 12.4. The van der Waals surface area contributed by atoms with E-state index in [4.69, 9.17) is 9.63 Å². The molecule has 1 fully saturated rings. The average molecular weight is 361 g/mol. The van der Waals surface area contributed by atoms with Crippen molar-refractivity contribution in [2.45, 2.75) is 33.7 Å². The van der Waals surface area contributed by atoms with Gasteiger partial charge in [0.05, 0.1) is 11.4 Å². The highest BCUT2D eigenvalue weighted by Crippen LogP contribution is 2.35. The molecule has 3 rings (SSSR count). The number of carbonyl (C=O) groups is 1. The number of aliphatic hydroxyl groups excluding tert-OH is 1. The molecular weight excluding hydrogens is 330 g/mol. The Balaban J connectivity index is 0.00000117. The molecule has 1 saturated heterocycles. The van der Waals surface area contributed by atoms with Crippen molar-refractivity contribution in [3.05, 3.63) is 30.1 Å². The summed E-state index contributed by atoms with van der Waals surface area (Å²) in [5.74, 6) is 1.41. The zero-order chi connectivity index (χ0) is 19.3. The molecule has 0 bridgehead atoms. The topological polar surface area (TPSA) is 71.5 Å². The third-order valence-electron chi connectivity index (χ3n) is 5.12. The van der Waals surface area contributed by atoms with E-state index >= 15 is 0 Å². The number of nitrogens with zero attached hydrogens (tertiary/aromatic N) is 3. The molecule has 144 valence electrons. The number of rotatable bonds is 4. The molecule has 2 unspecified atom stereocenters. The highest BCUT2D eigenvalue weighted by atomic mass is 16.5. The molecule has 0 amide bonds. The van der Waals surface area contributed by atoms with Gasteiger partial charge in [-0.3, -0.25) is 4.90 Å². The first kappa shape index (κ1) is 20.4. The van der Waals surface area contributed by atoms with Crippen molar-refractivity contribution in [1.82, 2.24) is 14.6 Å². The molecule has 1 aliphatic rings. The fourth-order valence-corrected chi connectivity index (χ4v) is 3.54. The summed E-state index contributed by atoms with van der Waals surface area (Å²) < 4.78 is 7.53. The van der Waals surface area contributed by atoms with Gasteiger partial charge in [0.2, 0.25) is 0 Å². The van der Waals surface area contributed by atoms with Crippen LogP contribution in [-0.4, -0.2) is 46.2 Å². The van der Waals surface area contributed by atoms with Gasteiger partial charge in [-0.15, -0.1) is 0 Å². The minimum atomic E-state index is 0.113. The van der Waals surface area contributed by atoms with Crippen LogP contribution in [0.25, 0.3) is 11.5 Å². The van der Waals surface area contributed by atoms with Crippen LogP contribution in [0.3, 0.4) is 0 Å². The molecule has 0 saturated carbocycles. The number of hydrogen-bond donors (Lipinski definition) is 1. The molecule has 26 heavy (non-hydrogen) atoms. The van der Waals surface area contributed by atoms with Crippen LogP contribution in [0.4, 0.5) is 0 Å². The van der Waals surface area contributed by atoms with Gasteiger partial charge in [-0.2, -0.15) is 0 Å². The summed E-state index contributed by atoms with van der Waals surface area (Å²) in [6.45, 7) is 9.30. The van der Waals surface area contributed by atoms with Crippen molar-refractivity contribution in [3.63, 3.8) is 0 Å². The van der Waals surface area contributed by atoms with Crippen LogP contribution in [-0.2, 0) is 18.4 Å². The monoisotopic (exact) mass is 361 g/mol. The van der Waals surface area contributed by atoms with Crippen molar-refractivity contribution in [3.8, 4) is 11.5 Å². The molecule has 2 atom stereocenters. The van der Waals surface area contributed by atoms with E-state index in [1.54, 1.807) is 0 Å². The van der Waals surface area contributed by atoms with Gasteiger partial charge in [0.15, 0.2) is 5.76 Å². The predicted molar refractivity (Wildman–Crippen MR) is 101 cm³/mol. The van der Waals surface area contributed by atoms with Gasteiger partial charge < -0.3 is 19.0 Å². The van der Waals surface area contributed by atoms with Gasteiger partial charge in [-0.05, 0) is 29.9 Å². The second-order valence-electron chi connectivity index (χ2n) is 8.08. The molecule has 0 aromatic carbocycles. The van der Waals surface area contributed by atoms with Crippen LogP contribution < -0.4 is 0 Å². The summed E-state index contributed by atoms with van der Waals surface area (Å²) in [6, 6.07) is 6.01. The second kappa shape index (κ2) is 8.64. The lowest BCUT2D eigenvalue weighted by Crippen LogP contribution is -2.44. The zero-order valence-corrected chi connectivity index (χ0v) is 16.5. The summed E-state index contributed by atoms with van der Waals surface area (Å²) >= 11 is 0. The van der Waals surface area contributed by atoms with E-state index in [9.17, 15) is 4.79 Å². The van der Waals surface area contributed by atoms with Gasteiger partial charge in [0.25, 0.3) is 0 Å². The molecule has 1 aliphatic heterocycles. The fraction of sp³-hybridized carbons (Fsp3) is 0.600. The van der Waals surface area contributed by atoms with Crippen LogP contribution >= 0.6 is 0 Å². The number of aldehydes is 1. The normalized spacial score (nSPS) is 21.2. The predicted octanol–water partition coefficient (Wildman–Crippen LogP) is 2.97. The molecule has 1 N–H and O–H groups in total. The van der Waals surface area contributed by atoms with Gasteiger partial charge in [-0.25, -0.2) is 0 Å². The van der Waals surface area contributed by atoms with Gasteiger partial charge in [-0.1, -0.05) is 25.9 Å². The van der Waals surface area contributed by atoms with Crippen LogP contribution in [0.5, 0.6) is 0 Å². The number of aliphatic hydroxyl groups is 1. The summed E-state index contributed by atoms with van der Waals surface area (Å²) in [6.07, 6.45) is 4.09. The van der Waals surface area contributed by atoms with E-state index in [0.29, 0.717) is 5.92 Å². The highest BCUT2D eigenvalue weighted by Gasteiger charge is 2.34. The van der Waals surface area contributed by atoms with Crippen LogP contribution in [0, 0.1) is 17.3 Å². The molecule has 2 aromatic rings. The molecule has 6 heteroatoms. The quantitative estimate of drug-likeness (QED) is 0.848. The Morgan fingerprint density at radius 2 is 2.08 bits per heavy atom. The molecule has 0 spiro atoms. The average Bonchev–Trinajstić information content (AvgIpc) is 3.24. The number of piperidine rings is 1. The number of aromatic nitrogens is 2. The standard InChI is InChI=1S/C19H27N3O2.CH4O/c1-19(2,3)15-8-14(13-23)10-22(11-15)12-16-9-18(24-20-16)17-6-5-7-21(17)4;1-2/h5-7,9,13-15H,8,10-12H2,1-4H3;2H,1H3. The zero-order valence-electron chi connectivity index (χ0n) is 16.5. The number of likely N-dealkylation sites (tertiary alicyclic amines) is 1. The Morgan fingerprint density at radius 1 is 1.35 bits per heavy atom. The summed E-state index contributed by atoms with van der Waals surface area (Å²) in [4.78, 5) is 13.7. The van der Waals surface area contributed by atoms with Gasteiger partial charge in [0.1, 0.15) is 6.29 Å². The maximum Gasteiger partial charge on any atom is 0.183 e. The fourth-order valence-electron chi connectivity index (χ4n) is 3.54. The van der Waals surface area contributed by atoms with Gasteiger partial charge >= 0.3 is 0 Å². The van der Waals surface area contributed by atoms with E-state index < -0.39 is 0 Å². The Bertz CT molecular complexity index is 699. The van der Waals surface area contributed by atoms with Crippen molar-refractivity contribution < 1.29 is 14.4 Å².